The smallest absolute Gasteiger partial charge is 0.230 e. The molecule has 0 aliphatic carbocycles. The summed E-state index contributed by atoms with van der Waals surface area (Å²) in [5.41, 5.74) is 2.74. The van der Waals surface area contributed by atoms with E-state index in [0.29, 0.717) is 17.2 Å². The van der Waals surface area contributed by atoms with Crippen LogP contribution in [0.5, 0.6) is 0 Å². The number of rotatable bonds is 3. The van der Waals surface area contributed by atoms with Gasteiger partial charge in [0, 0.05) is 0 Å². The Morgan fingerprint density at radius 3 is 2.24 bits per heavy atom. The molecule has 2 rings (SSSR count). The number of fused-ring (bicyclic) bond motifs is 1. The molecule has 0 saturated carbocycles. The fourth-order valence-corrected chi connectivity index (χ4v) is 8.43. The molecule has 1 aliphatic heterocycles. The van der Waals surface area contributed by atoms with Gasteiger partial charge in [-0.1, -0.05) is 58.9 Å². The lowest BCUT2D eigenvalue weighted by Gasteiger charge is -2.35. The van der Waals surface area contributed by atoms with Gasteiger partial charge in [0.1, 0.15) is 0 Å². The minimum absolute atomic E-state index is 0.336. The Labute approximate surface area is 106 Å². The Hall–Kier alpha value is -0.603. The normalized spacial score (nSPS) is 22.2. The number of hydrogen-bond acceptors (Lipinski definition) is 1. The highest BCUT2D eigenvalue weighted by Crippen LogP contribution is 2.43. The van der Waals surface area contributed by atoms with Crippen LogP contribution in [0.4, 0.5) is 0 Å². The lowest BCUT2D eigenvalue weighted by atomic mass is 10.1. The Morgan fingerprint density at radius 1 is 1.12 bits per heavy atom. The largest absolute Gasteiger partial charge is 0.405 e. The van der Waals surface area contributed by atoms with E-state index in [1.807, 2.05) is 0 Å². The van der Waals surface area contributed by atoms with Crippen molar-refractivity contribution in [3.8, 4) is 0 Å². The lowest BCUT2D eigenvalue weighted by Crippen LogP contribution is -2.52. The second-order valence-electron chi connectivity index (χ2n) is 5.70. The maximum absolute atomic E-state index is 6.63. The van der Waals surface area contributed by atoms with Gasteiger partial charge in [0.25, 0.3) is 0 Å². The molecule has 0 N–H and O–H groups in total. The third-order valence-corrected chi connectivity index (χ3v) is 9.55. The van der Waals surface area contributed by atoms with E-state index < -0.39 is 8.32 Å². The summed E-state index contributed by atoms with van der Waals surface area (Å²) in [6.07, 6.45) is 1.42. The minimum atomic E-state index is -1.79. The summed E-state index contributed by atoms with van der Waals surface area (Å²) in [6.45, 7) is 11.6. The first kappa shape index (κ1) is 12.8. The quantitative estimate of drug-likeness (QED) is 0.731. The molecule has 1 aromatic carbocycles. The predicted molar refractivity (Wildman–Crippen MR) is 76.1 cm³/mol. The van der Waals surface area contributed by atoms with E-state index in [-0.39, 0.29) is 0 Å². The van der Waals surface area contributed by atoms with Gasteiger partial charge in [-0.15, -0.1) is 0 Å². The molecular weight excluding hydrogens is 224 g/mol. The van der Waals surface area contributed by atoms with Crippen molar-refractivity contribution in [1.29, 1.82) is 0 Å². The summed E-state index contributed by atoms with van der Waals surface area (Å²) in [6, 6.07) is 8.91. The van der Waals surface area contributed by atoms with Gasteiger partial charge in [0.05, 0.1) is 6.10 Å². The highest BCUT2D eigenvalue weighted by atomic mass is 28.4. The first-order valence-electron chi connectivity index (χ1n) is 6.81. The van der Waals surface area contributed by atoms with E-state index in [0.717, 1.165) is 6.42 Å². The lowest BCUT2D eigenvalue weighted by molar-refractivity contribution is 0.198. The Balaban J connectivity index is 2.58. The molecule has 1 heterocycles. The van der Waals surface area contributed by atoms with E-state index in [2.05, 4.69) is 58.9 Å². The summed E-state index contributed by atoms with van der Waals surface area (Å²) < 4.78 is 6.63. The van der Waals surface area contributed by atoms with E-state index >= 15 is 0 Å². The van der Waals surface area contributed by atoms with Crippen molar-refractivity contribution in [3.63, 3.8) is 0 Å². The van der Waals surface area contributed by atoms with Crippen molar-refractivity contribution in [2.24, 2.45) is 0 Å². The van der Waals surface area contributed by atoms with Crippen LogP contribution in [-0.4, -0.2) is 8.32 Å². The predicted octanol–water partition coefficient (Wildman–Crippen LogP) is 4.14. The van der Waals surface area contributed by atoms with Gasteiger partial charge >= 0.3 is 0 Å². The van der Waals surface area contributed by atoms with Crippen molar-refractivity contribution >= 4 is 13.5 Å². The summed E-state index contributed by atoms with van der Waals surface area (Å²) in [5.74, 6) is 0. The molecule has 1 aromatic rings. The molecular formula is C15H24OSi. The molecule has 1 aliphatic rings. The van der Waals surface area contributed by atoms with Gasteiger partial charge in [-0.3, -0.25) is 0 Å². The van der Waals surface area contributed by atoms with Crippen LogP contribution < -0.4 is 5.19 Å². The maximum atomic E-state index is 6.63. The fourth-order valence-electron chi connectivity index (χ4n) is 3.36. The van der Waals surface area contributed by atoms with Gasteiger partial charge in [-0.05, 0) is 28.3 Å². The first-order chi connectivity index (χ1) is 8.04. The van der Waals surface area contributed by atoms with Gasteiger partial charge in [0.15, 0.2) is 0 Å². The van der Waals surface area contributed by atoms with E-state index in [9.17, 15) is 0 Å². The monoisotopic (exact) mass is 248 g/mol. The average Bonchev–Trinajstić information content (AvgIpc) is 2.64. The van der Waals surface area contributed by atoms with Crippen LogP contribution in [0, 0.1) is 0 Å². The van der Waals surface area contributed by atoms with Crippen LogP contribution in [0.25, 0.3) is 0 Å². The molecule has 1 nitrogen and oxygen atoms in total. The molecule has 0 saturated heterocycles. The SMILES string of the molecule is CCC1O[Si](C(C)C)(C(C)C)c2ccccc21. The maximum Gasteiger partial charge on any atom is 0.230 e. The van der Waals surface area contributed by atoms with Crippen molar-refractivity contribution in [3.05, 3.63) is 29.8 Å². The number of benzene rings is 1. The molecule has 0 bridgehead atoms. The van der Waals surface area contributed by atoms with Crippen molar-refractivity contribution in [1.82, 2.24) is 0 Å². The van der Waals surface area contributed by atoms with Crippen molar-refractivity contribution in [2.45, 2.75) is 58.2 Å². The molecule has 17 heavy (non-hydrogen) atoms. The minimum Gasteiger partial charge on any atom is -0.405 e. The summed E-state index contributed by atoms with van der Waals surface area (Å²) >= 11 is 0. The molecule has 94 valence electrons. The molecule has 0 spiro atoms. The zero-order valence-corrected chi connectivity index (χ0v) is 12.7. The topological polar surface area (TPSA) is 9.23 Å². The van der Waals surface area contributed by atoms with Crippen LogP contribution in [0.3, 0.4) is 0 Å². The fraction of sp³-hybridized carbons (Fsp3) is 0.600. The van der Waals surface area contributed by atoms with Crippen LogP contribution in [-0.2, 0) is 4.43 Å². The molecule has 0 amide bonds. The third kappa shape index (κ3) is 1.78. The van der Waals surface area contributed by atoms with Crippen LogP contribution in [0.2, 0.25) is 11.1 Å². The van der Waals surface area contributed by atoms with E-state index in [1.165, 1.54) is 5.56 Å². The van der Waals surface area contributed by atoms with E-state index in [4.69, 9.17) is 4.43 Å². The molecule has 0 aromatic heterocycles. The molecule has 1 atom stereocenters. The zero-order valence-electron chi connectivity index (χ0n) is 11.7. The van der Waals surface area contributed by atoms with Gasteiger partial charge in [-0.25, -0.2) is 0 Å². The Morgan fingerprint density at radius 2 is 1.71 bits per heavy atom. The second-order valence-corrected chi connectivity index (χ2v) is 10.4. The second kappa shape index (κ2) is 4.58. The van der Waals surface area contributed by atoms with Crippen LogP contribution in [0.1, 0.15) is 52.7 Å². The van der Waals surface area contributed by atoms with Crippen molar-refractivity contribution < 1.29 is 4.43 Å². The Bertz CT molecular complexity index is 390. The summed E-state index contributed by atoms with van der Waals surface area (Å²) in [5, 5.41) is 1.55. The van der Waals surface area contributed by atoms with Crippen LogP contribution >= 0.6 is 0 Å². The molecule has 1 unspecified atom stereocenters. The summed E-state index contributed by atoms with van der Waals surface area (Å²) in [4.78, 5) is 0. The highest BCUT2D eigenvalue weighted by Gasteiger charge is 2.51. The first-order valence-corrected chi connectivity index (χ1v) is 8.87. The Kier molecular flexibility index (Phi) is 3.46. The van der Waals surface area contributed by atoms with E-state index in [1.54, 1.807) is 5.19 Å². The average molecular weight is 248 g/mol. The van der Waals surface area contributed by atoms with Gasteiger partial charge < -0.3 is 4.43 Å². The van der Waals surface area contributed by atoms with Gasteiger partial charge in [-0.2, -0.15) is 0 Å². The third-order valence-electron chi connectivity index (χ3n) is 4.15. The molecule has 0 radical (unpaired) electrons. The summed E-state index contributed by atoms with van der Waals surface area (Å²) in [7, 11) is -1.79. The van der Waals surface area contributed by atoms with Gasteiger partial charge in [0.2, 0.25) is 8.32 Å². The zero-order chi connectivity index (χ0) is 12.6. The highest BCUT2D eigenvalue weighted by molar-refractivity contribution is 6.89. The standard InChI is InChI=1S/C15H24OSi/c1-6-14-13-9-7-8-10-15(13)17(16-14,11(2)3)12(4)5/h7-12,14H,6H2,1-5H3. The van der Waals surface area contributed by atoms with Crippen molar-refractivity contribution in [2.75, 3.05) is 0 Å². The number of hydrogen-bond donors (Lipinski definition) is 0. The molecule has 2 heteroatoms. The van der Waals surface area contributed by atoms with Crippen LogP contribution in [0.15, 0.2) is 24.3 Å². The molecule has 0 fully saturated rings.